The molecule has 1 aromatic carbocycles. The second-order valence-electron chi connectivity index (χ2n) is 4.39. The normalized spacial score (nSPS) is 20.1. The lowest BCUT2D eigenvalue weighted by atomic mass is 9.97. The minimum atomic E-state index is -0.197. The van der Waals surface area contributed by atoms with Gasteiger partial charge in [0.1, 0.15) is 5.75 Å². The molecule has 1 aliphatic heterocycles. The van der Waals surface area contributed by atoms with Gasteiger partial charge in [0, 0.05) is 24.8 Å². The van der Waals surface area contributed by atoms with Crippen molar-refractivity contribution >= 4 is 11.6 Å². The van der Waals surface area contributed by atoms with Crippen LogP contribution in [0.5, 0.6) is 5.75 Å². The van der Waals surface area contributed by atoms with Crippen molar-refractivity contribution in [3.05, 3.63) is 24.3 Å². The smallest absolute Gasteiger partial charge is 0.222 e. The number of nitrogens with zero attached hydrogens (tertiary/aromatic N) is 1. The van der Waals surface area contributed by atoms with Crippen LogP contribution >= 0.6 is 0 Å². The molecular weight excluding hydrogens is 216 g/mol. The Morgan fingerprint density at radius 2 is 2.35 bits per heavy atom. The van der Waals surface area contributed by atoms with Gasteiger partial charge in [-0.15, -0.1) is 0 Å². The molecule has 0 spiro atoms. The Balaban J connectivity index is 2.13. The van der Waals surface area contributed by atoms with Crippen molar-refractivity contribution < 1.29 is 9.53 Å². The summed E-state index contributed by atoms with van der Waals surface area (Å²) < 4.78 is 5.20. The average Bonchev–Trinajstić information content (AvgIpc) is 2.39. The van der Waals surface area contributed by atoms with Gasteiger partial charge in [-0.3, -0.25) is 4.79 Å². The van der Waals surface area contributed by atoms with Gasteiger partial charge < -0.3 is 15.4 Å². The molecule has 1 unspecified atom stereocenters. The van der Waals surface area contributed by atoms with Crippen LogP contribution in [0.25, 0.3) is 0 Å². The molecule has 1 aliphatic rings. The highest BCUT2D eigenvalue weighted by Crippen LogP contribution is 2.25. The molecular formula is C13H18N2O2. The fraction of sp³-hybridized carbons (Fsp3) is 0.462. The molecule has 2 rings (SSSR count). The molecule has 4 heteroatoms. The van der Waals surface area contributed by atoms with Gasteiger partial charge in [-0.05, 0) is 25.0 Å². The number of carbonyl (C=O) groups excluding carboxylic acids is 1. The van der Waals surface area contributed by atoms with Crippen molar-refractivity contribution in [1.29, 1.82) is 0 Å². The third-order valence-electron chi connectivity index (χ3n) is 3.24. The Labute approximate surface area is 101 Å². The molecule has 2 N–H and O–H groups in total. The Bertz CT molecular complexity index is 406. The minimum absolute atomic E-state index is 0.0325. The maximum absolute atomic E-state index is 11.2. The maximum atomic E-state index is 11.2. The van der Waals surface area contributed by atoms with Crippen LogP contribution in [0.1, 0.15) is 12.8 Å². The quantitative estimate of drug-likeness (QED) is 0.860. The van der Waals surface area contributed by atoms with Crippen LogP contribution in [0.4, 0.5) is 5.69 Å². The predicted molar refractivity (Wildman–Crippen MR) is 67.1 cm³/mol. The Morgan fingerprint density at radius 1 is 1.53 bits per heavy atom. The van der Waals surface area contributed by atoms with Gasteiger partial charge in [-0.2, -0.15) is 0 Å². The van der Waals surface area contributed by atoms with Crippen LogP contribution in [-0.2, 0) is 4.79 Å². The Hall–Kier alpha value is -1.71. The summed E-state index contributed by atoms with van der Waals surface area (Å²) in [5, 5.41) is 0. The minimum Gasteiger partial charge on any atom is -0.497 e. The Kier molecular flexibility index (Phi) is 3.52. The fourth-order valence-corrected chi connectivity index (χ4v) is 2.25. The van der Waals surface area contributed by atoms with Crippen molar-refractivity contribution in [1.82, 2.24) is 0 Å². The summed E-state index contributed by atoms with van der Waals surface area (Å²) >= 11 is 0. The lowest BCUT2D eigenvalue weighted by Crippen LogP contribution is -2.41. The van der Waals surface area contributed by atoms with Crippen molar-refractivity contribution in [3.63, 3.8) is 0 Å². The van der Waals surface area contributed by atoms with Crippen molar-refractivity contribution in [2.75, 3.05) is 25.1 Å². The zero-order valence-corrected chi connectivity index (χ0v) is 10.1. The number of carbonyl (C=O) groups is 1. The first-order chi connectivity index (χ1) is 8.20. The highest BCUT2D eigenvalue weighted by atomic mass is 16.5. The summed E-state index contributed by atoms with van der Waals surface area (Å²) in [5.74, 6) is 0.608. The van der Waals surface area contributed by atoms with E-state index in [1.165, 1.54) is 0 Å². The number of primary amides is 1. The highest BCUT2D eigenvalue weighted by molar-refractivity contribution is 5.77. The lowest BCUT2D eigenvalue weighted by Gasteiger charge is -2.33. The molecule has 1 amide bonds. The fourth-order valence-electron chi connectivity index (χ4n) is 2.25. The molecule has 0 radical (unpaired) electrons. The SMILES string of the molecule is COc1cccc(N2CCCC(C(N)=O)C2)c1. The molecule has 0 saturated carbocycles. The summed E-state index contributed by atoms with van der Waals surface area (Å²) in [5.41, 5.74) is 6.47. The molecule has 1 aromatic rings. The van der Waals surface area contributed by atoms with Crippen LogP contribution in [0.2, 0.25) is 0 Å². The summed E-state index contributed by atoms with van der Waals surface area (Å²) in [6.45, 7) is 1.68. The Morgan fingerprint density at radius 3 is 3.06 bits per heavy atom. The first-order valence-corrected chi connectivity index (χ1v) is 5.89. The number of hydrogen-bond acceptors (Lipinski definition) is 3. The number of anilines is 1. The van der Waals surface area contributed by atoms with Crippen LogP contribution in [0.3, 0.4) is 0 Å². The van der Waals surface area contributed by atoms with E-state index in [4.69, 9.17) is 10.5 Å². The van der Waals surface area contributed by atoms with E-state index in [0.717, 1.165) is 30.8 Å². The van der Waals surface area contributed by atoms with Gasteiger partial charge >= 0.3 is 0 Å². The standard InChI is InChI=1S/C13H18N2O2/c1-17-12-6-2-5-11(8-12)15-7-3-4-10(9-15)13(14)16/h2,5-6,8,10H,3-4,7,9H2,1H3,(H2,14,16). The van der Waals surface area contributed by atoms with Crippen LogP contribution in [0.15, 0.2) is 24.3 Å². The van der Waals surface area contributed by atoms with Gasteiger partial charge in [0.15, 0.2) is 0 Å². The average molecular weight is 234 g/mol. The van der Waals surface area contributed by atoms with Crippen molar-refractivity contribution in [2.45, 2.75) is 12.8 Å². The summed E-state index contributed by atoms with van der Waals surface area (Å²) in [6, 6.07) is 7.90. The van der Waals surface area contributed by atoms with Gasteiger partial charge in [0.05, 0.1) is 13.0 Å². The van der Waals surface area contributed by atoms with E-state index in [2.05, 4.69) is 4.90 Å². The van der Waals surface area contributed by atoms with E-state index in [1.54, 1.807) is 7.11 Å². The molecule has 1 atom stereocenters. The third kappa shape index (κ3) is 2.70. The third-order valence-corrected chi connectivity index (χ3v) is 3.24. The molecule has 17 heavy (non-hydrogen) atoms. The molecule has 1 heterocycles. The summed E-state index contributed by atoms with van der Waals surface area (Å²) in [7, 11) is 1.65. The second kappa shape index (κ2) is 5.08. The monoisotopic (exact) mass is 234 g/mol. The first-order valence-electron chi connectivity index (χ1n) is 5.89. The maximum Gasteiger partial charge on any atom is 0.222 e. The van der Waals surface area contributed by atoms with E-state index in [0.29, 0.717) is 6.54 Å². The number of methoxy groups -OCH3 is 1. The summed E-state index contributed by atoms with van der Waals surface area (Å²) in [4.78, 5) is 13.4. The number of rotatable bonds is 3. The van der Waals surface area contributed by atoms with Gasteiger partial charge in [0.2, 0.25) is 5.91 Å². The number of amides is 1. The predicted octanol–water partition coefficient (Wildman–Crippen LogP) is 1.40. The molecule has 0 bridgehead atoms. The first kappa shape index (κ1) is 11.8. The molecule has 1 saturated heterocycles. The summed E-state index contributed by atoms with van der Waals surface area (Å²) in [6.07, 6.45) is 1.90. The zero-order chi connectivity index (χ0) is 12.3. The van der Waals surface area contributed by atoms with Crippen LogP contribution in [0, 0.1) is 5.92 Å². The molecule has 92 valence electrons. The number of ether oxygens (including phenoxy) is 1. The van der Waals surface area contributed by atoms with Crippen molar-refractivity contribution in [3.8, 4) is 5.75 Å². The number of piperidine rings is 1. The second-order valence-corrected chi connectivity index (χ2v) is 4.39. The van der Waals surface area contributed by atoms with Crippen LogP contribution < -0.4 is 15.4 Å². The van der Waals surface area contributed by atoms with E-state index in [1.807, 2.05) is 24.3 Å². The van der Waals surface area contributed by atoms with E-state index >= 15 is 0 Å². The topological polar surface area (TPSA) is 55.6 Å². The molecule has 0 aliphatic carbocycles. The molecule has 4 nitrogen and oxygen atoms in total. The largest absolute Gasteiger partial charge is 0.497 e. The van der Waals surface area contributed by atoms with E-state index in [9.17, 15) is 4.79 Å². The zero-order valence-electron chi connectivity index (χ0n) is 10.1. The van der Waals surface area contributed by atoms with Crippen LogP contribution in [-0.4, -0.2) is 26.1 Å². The van der Waals surface area contributed by atoms with E-state index in [-0.39, 0.29) is 11.8 Å². The number of benzene rings is 1. The van der Waals surface area contributed by atoms with Gasteiger partial charge in [0.25, 0.3) is 0 Å². The number of hydrogen-bond donors (Lipinski definition) is 1. The molecule has 1 fully saturated rings. The lowest BCUT2D eigenvalue weighted by molar-refractivity contribution is -0.122. The number of nitrogens with two attached hydrogens (primary N) is 1. The van der Waals surface area contributed by atoms with E-state index < -0.39 is 0 Å². The molecule has 0 aromatic heterocycles. The van der Waals surface area contributed by atoms with Gasteiger partial charge in [-0.1, -0.05) is 6.07 Å². The van der Waals surface area contributed by atoms with Crippen molar-refractivity contribution in [2.24, 2.45) is 11.7 Å². The highest BCUT2D eigenvalue weighted by Gasteiger charge is 2.24. The van der Waals surface area contributed by atoms with Gasteiger partial charge in [-0.25, -0.2) is 0 Å².